The van der Waals surface area contributed by atoms with E-state index in [0.29, 0.717) is 18.0 Å². The number of anilines is 1. The number of phenolic OH excluding ortho intramolecular Hbond substituents is 1. The molecule has 0 spiro atoms. The Bertz CT molecular complexity index is 1070. The van der Waals surface area contributed by atoms with Gasteiger partial charge in [0.25, 0.3) is 0 Å². The van der Waals surface area contributed by atoms with Crippen LogP contribution in [0.25, 0.3) is 22.2 Å². The SMILES string of the molecule is CN(C)Cc1cc(-c2nc3ccc(N)c(C=N)c3c3c2CCCC3)ccc1O. The van der Waals surface area contributed by atoms with Crippen molar-refractivity contribution in [1.29, 1.82) is 5.41 Å². The highest BCUT2D eigenvalue weighted by Crippen LogP contribution is 2.38. The lowest BCUT2D eigenvalue weighted by atomic mass is 9.84. The van der Waals surface area contributed by atoms with E-state index in [0.717, 1.165) is 59.0 Å². The van der Waals surface area contributed by atoms with Gasteiger partial charge >= 0.3 is 0 Å². The second-order valence-corrected chi connectivity index (χ2v) is 7.81. The molecule has 0 amide bonds. The van der Waals surface area contributed by atoms with E-state index in [4.69, 9.17) is 16.1 Å². The Balaban J connectivity index is 1.99. The van der Waals surface area contributed by atoms with Crippen LogP contribution in [-0.2, 0) is 19.4 Å². The van der Waals surface area contributed by atoms with Crippen LogP contribution in [0.4, 0.5) is 5.69 Å². The van der Waals surface area contributed by atoms with E-state index in [-0.39, 0.29) is 0 Å². The normalized spacial score (nSPS) is 13.7. The fourth-order valence-corrected chi connectivity index (χ4v) is 4.26. The van der Waals surface area contributed by atoms with E-state index in [9.17, 15) is 5.11 Å². The van der Waals surface area contributed by atoms with Crippen LogP contribution in [0.15, 0.2) is 30.3 Å². The van der Waals surface area contributed by atoms with Crippen molar-refractivity contribution in [2.45, 2.75) is 32.2 Å². The van der Waals surface area contributed by atoms with Gasteiger partial charge in [-0.25, -0.2) is 4.98 Å². The molecule has 4 N–H and O–H groups in total. The van der Waals surface area contributed by atoms with E-state index in [1.165, 1.54) is 17.3 Å². The van der Waals surface area contributed by atoms with Gasteiger partial charge in [-0.1, -0.05) is 0 Å². The third kappa shape index (κ3) is 3.12. The number of pyridine rings is 1. The molecule has 0 unspecified atom stereocenters. The van der Waals surface area contributed by atoms with Gasteiger partial charge in [-0.2, -0.15) is 0 Å². The molecular weight excluding hydrogens is 348 g/mol. The van der Waals surface area contributed by atoms with E-state index in [1.54, 1.807) is 6.07 Å². The molecule has 0 saturated carbocycles. The molecule has 1 aromatic heterocycles. The summed E-state index contributed by atoms with van der Waals surface area (Å²) in [4.78, 5) is 7.05. The minimum atomic E-state index is 0.311. The Morgan fingerprint density at radius 1 is 1.14 bits per heavy atom. The van der Waals surface area contributed by atoms with Gasteiger partial charge in [0.1, 0.15) is 5.75 Å². The van der Waals surface area contributed by atoms with Crippen LogP contribution >= 0.6 is 0 Å². The van der Waals surface area contributed by atoms with Crippen molar-refractivity contribution in [2.75, 3.05) is 19.8 Å². The molecule has 0 atom stereocenters. The Hall–Kier alpha value is -2.92. The quantitative estimate of drug-likeness (QED) is 0.473. The summed E-state index contributed by atoms with van der Waals surface area (Å²) in [6.07, 6.45) is 5.58. The Morgan fingerprint density at radius 2 is 1.89 bits per heavy atom. The maximum atomic E-state index is 10.3. The van der Waals surface area contributed by atoms with Crippen LogP contribution in [-0.4, -0.2) is 35.3 Å². The van der Waals surface area contributed by atoms with Crippen molar-refractivity contribution in [2.24, 2.45) is 0 Å². The number of aromatic nitrogens is 1. The van der Waals surface area contributed by atoms with Gasteiger partial charge in [0.2, 0.25) is 0 Å². The first-order valence-corrected chi connectivity index (χ1v) is 9.71. The highest BCUT2D eigenvalue weighted by Gasteiger charge is 2.22. The molecule has 2 aromatic carbocycles. The molecule has 5 heteroatoms. The average molecular weight is 374 g/mol. The van der Waals surface area contributed by atoms with Gasteiger partial charge in [-0.3, -0.25) is 0 Å². The molecule has 1 aliphatic rings. The lowest BCUT2D eigenvalue weighted by Crippen LogP contribution is -2.11. The van der Waals surface area contributed by atoms with E-state index in [2.05, 4.69) is 0 Å². The van der Waals surface area contributed by atoms with E-state index < -0.39 is 0 Å². The zero-order valence-corrected chi connectivity index (χ0v) is 16.4. The summed E-state index contributed by atoms with van der Waals surface area (Å²) in [7, 11) is 3.98. The van der Waals surface area contributed by atoms with Crippen LogP contribution in [0, 0.1) is 5.41 Å². The van der Waals surface area contributed by atoms with Crippen LogP contribution in [0.2, 0.25) is 0 Å². The van der Waals surface area contributed by atoms with Crippen LogP contribution in [0.1, 0.15) is 35.1 Å². The number of hydrogen-bond donors (Lipinski definition) is 3. The number of nitrogens with one attached hydrogen (secondary N) is 1. The highest BCUT2D eigenvalue weighted by molar-refractivity contribution is 6.05. The molecule has 0 radical (unpaired) electrons. The third-order valence-electron chi connectivity index (χ3n) is 5.53. The predicted octanol–water partition coefficient (Wildman–Crippen LogP) is 4.13. The first-order chi connectivity index (χ1) is 13.5. The Morgan fingerprint density at radius 3 is 2.61 bits per heavy atom. The van der Waals surface area contributed by atoms with Crippen molar-refractivity contribution in [1.82, 2.24) is 9.88 Å². The lowest BCUT2D eigenvalue weighted by Gasteiger charge is -2.23. The topological polar surface area (TPSA) is 86.2 Å². The van der Waals surface area contributed by atoms with Crippen molar-refractivity contribution in [3.8, 4) is 17.0 Å². The average Bonchev–Trinajstić information content (AvgIpc) is 2.69. The standard InChI is InChI=1S/C23H26N4O/c1-27(2)13-15-11-14(7-10-21(15)28)23-17-6-4-3-5-16(17)22-18(12-24)19(25)8-9-20(22)26-23/h7-12,24,28H,3-6,13,25H2,1-2H3. The number of nitrogen functional groups attached to an aromatic ring is 1. The molecule has 5 nitrogen and oxygen atoms in total. The number of aromatic hydroxyl groups is 1. The third-order valence-corrected chi connectivity index (χ3v) is 5.53. The number of phenols is 1. The molecule has 0 bridgehead atoms. The fourth-order valence-electron chi connectivity index (χ4n) is 4.26. The first kappa shape index (κ1) is 18.4. The second kappa shape index (κ2) is 7.24. The zero-order chi connectivity index (χ0) is 19.8. The zero-order valence-electron chi connectivity index (χ0n) is 16.4. The fraction of sp³-hybridized carbons (Fsp3) is 0.304. The van der Waals surface area contributed by atoms with E-state index in [1.807, 2.05) is 43.3 Å². The molecular formula is C23H26N4O. The molecule has 1 aliphatic carbocycles. The molecule has 4 rings (SSSR count). The predicted molar refractivity (Wildman–Crippen MR) is 115 cm³/mol. The van der Waals surface area contributed by atoms with E-state index >= 15 is 0 Å². The van der Waals surface area contributed by atoms with Gasteiger partial charge in [0.15, 0.2) is 0 Å². The molecule has 144 valence electrons. The number of nitrogens with zero attached hydrogens (tertiary/aromatic N) is 2. The smallest absolute Gasteiger partial charge is 0.120 e. The molecule has 0 aliphatic heterocycles. The molecule has 3 aromatic rings. The van der Waals surface area contributed by atoms with Crippen LogP contribution in [0.3, 0.4) is 0 Å². The molecule has 28 heavy (non-hydrogen) atoms. The van der Waals surface area contributed by atoms with Gasteiger partial charge < -0.3 is 21.1 Å². The summed E-state index contributed by atoms with van der Waals surface area (Å²) >= 11 is 0. The molecule has 0 saturated heterocycles. The summed E-state index contributed by atoms with van der Waals surface area (Å²) in [5.74, 6) is 0.311. The van der Waals surface area contributed by atoms with Gasteiger partial charge in [0, 0.05) is 40.5 Å². The summed E-state index contributed by atoms with van der Waals surface area (Å²) in [5.41, 5.74) is 13.9. The lowest BCUT2D eigenvalue weighted by molar-refractivity contribution is 0.386. The maximum Gasteiger partial charge on any atom is 0.120 e. The summed E-state index contributed by atoms with van der Waals surface area (Å²) < 4.78 is 0. The van der Waals surface area contributed by atoms with Crippen molar-refractivity contribution >= 4 is 22.8 Å². The first-order valence-electron chi connectivity index (χ1n) is 9.71. The number of benzene rings is 2. The summed E-state index contributed by atoms with van der Waals surface area (Å²) in [5, 5.41) is 19.1. The number of nitrogens with two attached hydrogens (primary N) is 1. The Kier molecular flexibility index (Phi) is 4.77. The maximum absolute atomic E-state index is 10.3. The van der Waals surface area contributed by atoms with Crippen LogP contribution < -0.4 is 5.73 Å². The second-order valence-electron chi connectivity index (χ2n) is 7.81. The van der Waals surface area contributed by atoms with Gasteiger partial charge in [-0.15, -0.1) is 0 Å². The largest absolute Gasteiger partial charge is 0.508 e. The minimum Gasteiger partial charge on any atom is -0.508 e. The number of fused-ring (bicyclic) bond motifs is 3. The summed E-state index contributed by atoms with van der Waals surface area (Å²) in [6, 6.07) is 9.56. The minimum absolute atomic E-state index is 0.311. The van der Waals surface area contributed by atoms with Crippen molar-refractivity contribution < 1.29 is 5.11 Å². The monoisotopic (exact) mass is 374 g/mol. The summed E-state index contributed by atoms with van der Waals surface area (Å²) in [6.45, 7) is 0.671. The Labute approximate surface area is 165 Å². The number of rotatable bonds is 4. The number of aryl methyl sites for hydroxylation is 1. The molecule has 0 fully saturated rings. The van der Waals surface area contributed by atoms with Gasteiger partial charge in [0.05, 0.1) is 11.2 Å². The van der Waals surface area contributed by atoms with Crippen LogP contribution in [0.5, 0.6) is 5.75 Å². The van der Waals surface area contributed by atoms with Gasteiger partial charge in [-0.05, 0) is 81.2 Å². The number of hydrogen-bond acceptors (Lipinski definition) is 5. The van der Waals surface area contributed by atoms with Crippen molar-refractivity contribution in [3.05, 3.63) is 52.6 Å². The highest BCUT2D eigenvalue weighted by atomic mass is 16.3. The molecule has 1 heterocycles. The van der Waals surface area contributed by atoms with Crippen molar-refractivity contribution in [3.63, 3.8) is 0 Å².